The molecule has 94 valence electrons. The number of hydrogen-bond donors (Lipinski definition) is 0. The number of rotatable bonds is 2. The van der Waals surface area contributed by atoms with E-state index in [1.54, 1.807) is 6.08 Å². The molecule has 1 heterocycles. The second-order valence-corrected chi connectivity index (χ2v) is 5.35. The van der Waals surface area contributed by atoms with E-state index in [1.165, 1.54) is 5.56 Å². The number of benzene rings is 1. The van der Waals surface area contributed by atoms with E-state index in [0.29, 0.717) is 0 Å². The monoisotopic (exact) mass is 243 g/mol. The number of aryl methyl sites for hydroxylation is 1. The van der Waals surface area contributed by atoms with Crippen LogP contribution in [0.3, 0.4) is 0 Å². The Morgan fingerprint density at radius 3 is 2.94 bits per heavy atom. The molecule has 1 aliphatic heterocycles. The molecule has 1 aromatic rings. The average molecular weight is 243 g/mol. The Kier molecular flexibility index (Phi) is 2.71. The second kappa shape index (κ2) is 4.25. The molecule has 0 saturated heterocycles. The average Bonchev–Trinajstić information content (AvgIpc) is 2.33. The van der Waals surface area contributed by atoms with Crippen molar-refractivity contribution in [2.75, 3.05) is 0 Å². The molecule has 1 fully saturated rings. The van der Waals surface area contributed by atoms with E-state index < -0.39 is 0 Å². The van der Waals surface area contributed by atoms with Crippen molar-refractivity contribution in [1.29, 1.82) is 0 Å². The fourth-order valence-electron chi connectivity index (χ4n) is 2.95. The minimum Gasteiger partial charge on any atom is -0.490 e. The SMILES string of the molecule is CC1CCc2cccc(C3(N=C=O)CCC3)c2O1. The Bertz CT molecular complexity index is 513. The van der Waals surface area contributed by atoms with Gasteiger partial charge in [0.25, 0.3) is 0 Å². The van der Waals surface area contributed by atoms with Crippen molar-refractivity contribution in [3.8, 4) is 5.75 Å². The Morgan fingerprint density at radius 2 is 2.28 bits per heavy atom. The molecule has 1 aliphatic carbocycles. The third-order valence-electron chi connectivity index (χ3n) is 4.18. The molecule has 2 aliphatic rings. The smallest absolute Gasteiger partial charge is 0.235 e. The number of aliphatic imine (C=N–C) groups is 1. The molecule has 0 bridgehead atoms. The molecule has 1 unspecified atom stereocenters. The number of ether oxygens (including phenoxy) is 1. The molecule has 3 rings (SSSR count). The zero-order chi connectivity index (χ0) is 12.6. The molecule has 1 saturated carbocycles. The van der Waals surface area contributed by atoms with Crippen LogP contribution in [0.4, 0.5) is 0 Å². The molecule has 0 amide bonds. The van der Waals surface area contributed by atoms with E-state index in [1.807, 2.05) is 6.07 Å². The molecule has 0 spiro atoms. The Labute approximate surface area is 107 Å². The highest BCUT2D eigenvalue weighted by Gasteiger charge is 2.42. The fourth-order valence-corrected chi connectivity index (χ4v) is 2.95. The summed E-state index contributed by atoms with van der Waals surface area (Å²) in [7, 11) is 0. The first-order chi connectivity index (χ1) is 8.75. The van der Waals surface area contributed by atoms with E-state index >= 15 is 0 Å². The van der Waals surface area contributed by atoms with Crippen molar-refractivity contribution < 1.29 is 9.53 Å². The molecule has 1 aromatic carbocycles. The summed E-state index contributed by atoms with van der Waals surface area (Å²) in [6, 6.07) is 6.21. The molecule has 3 nitrogen and oxygen atoms in total. The van der Waals surface area contributed by atoms with E-state index in [2.05, 4.69) is 24.0 Å². The largest absolute Gasteiger partial charge is 0.490 e. The number of carbonyl (C=O) groups excluding carboxylic acids is 1. The maximum atomic E-state index is 10.7. The van der Waals surface area contributed by atoms with Gasteiger partial charge in [-0.15, -0.1) is 0 Å². The van der Waals surface area contributed by atoms with Crippen molar-refractivity contribution >= 4 is 6.08 Å². The van der Waals surface area contributed by atoms with Crippen molar-refractivity contribution in [3.05, 3.63) is 29.3 Å². The zero-order valence-corrected chi connectivity index (χ0v) is 10.6. The van der Waals surface area contributed by atoms with Gasteiger partial charge >= 0.3 is 0 Å². The minimum absolute atomic E-state index is 0.246. The van der Waals surface area contributed by atoms with Gasteiger partial charge in [-0.2, -0.15) is 4.99 Å². The molecule has 0 N–H and O–H groups in total. The lowest BCUT2D eigenvalue weighted by Gasteiger charge is -2.39. The summed E-state index contributed by atoms with van der Waals surface area (Å²) >= 11 is 0. The summed E-state index contributed by atoms with van der Waals surface area (Å²) in [6.07, 6.45) is 7.07. The van der Waals surface area contributed by atoms with Crippen LogP contribution in [0, 0.1) is 0 Å². The Hall–Kier alpha value is -1.60. The van der Waals surface area contributed by atoms with Gasteiger partial charge in [-0.3, -0.25) is 0 Å². The van der Waals surface area contributed by atoms with Gasteiger partial charge < -0.3 is 4.74 Å². The van der Waals surface area contributed by atoms with Gasteiger partial charge in [0.2, 0.25) is 6.08 Å². The predicted molar refractivity (Wildman–Crippen MR) is 68.5 cm³/mol. The van der Waals surface area contributed by atoms with Crippen LogP contribution in [0.2, 0.25) is 0 Å². The zero-order valence-electron chi connectivity index (χ0n) is 10.6. The molecule has 18 heavy (non-hydrogen) atoms. The lowest BCUT2D eigenvalue weighted by Crippen LogP contribution is -2.34. The molecule has 0 aromatic heterocycles. The Balaban J connectivity index is 2.09. The number of hydrogen-bond acceptors (Lipinski definition) is 3. The summed E-state index contributed by atoms with van der Waals surface area (Å²) in [5.41, 5.74) is 1.98. The lowest BCUT2D eigenvalue weighted by atomic mass is 9.71. The van der Waals surface area contributed by atoms with Crippen LogP contribution in [0.5, 0.6) is 5.75 Å². The van der Waals surface area contributed by atoms with Gasteiger partial charge in [0.05, 0.1) is 6.10 Å². The second-order valence-electron chi connectivity index (χ2n) is 5.35. The normalized spacial score (nSPS) is 24.2. The van der Waals surface area contributed by atoms with Crippen LogP contribution in [-0.4, -0.2) is 12.2 Å². The van der Waals surface area contributed by atoms with Crippen LogP contribution in [-0.2, 0) is 16.8 Å². The number of isocyanates is 1. The third kappa shape index (κ3) is 1.67. The summed E-state index contributed by atoms with van der Waals surface area (Å²) in [5.74, 6) is 0.968. The van der Waals surface area contributed by atoms with Crippen LogP contribution >= 0.6 is 0 Å². The summed E-state index contributed by atoms with van der Waals surface area (Å²) in [6.45, 7) is 2.09. The first-order valence-corrected chi connectivity index (χ1v) is 6.63. The number of para-hydroxylation sites is 1. The van der Waals surface area contributed by atoms with Gasteiger partial charge in [-0.05, 0) is 44.6 Å². The van der Waals surface area contributed by atoms with Crippen molar-refractivity contribution in [2.45, 2.75) is 50.7 Å². The van der Waals surface area contributed by atoms with E-state index in [4.69, 9.17) is 4.74 Å². The highest BCUT2D eigenvalue weighted by atomic mass is 16.5. The van der Waals surface area contributed by atoms with Gasteiger partial charge in [-0.1, -0.05) is 18.2 Å². The first-order valence-electron chi connectivity index (χ1n) is 6.63. The van der Waals surface area contributed by atoms with E-state index in [9.17, 15) is 4.79 Å². The number of fused-ring (bicyclic) bond motifs is 1. The van der Waals surface area contributed by atoms with E-state index in [0.717, 1.165) is 43.4 Å². The van der Waals surface area contributed by atoms with E-state index in [-0.39, 0.29) is 11.6 Å². The first kappa shape index (κ1) is 11.5. The van der Waals surface area contributed by atoms with Crippen molar-refractivity contribution in [3.63, 3.8) is 0 Å². The van der Waals surface area contributed by atoms with Crippen LogP contribution in [0.25, 0.3) is 0 Å². The molecular weight excluding hydrogens is 226 g/mol. The van der Waals surface area contributed by atoms with Crippen LogP contribution < -0.4 is 4.74 Å². The molecular formula is C15H17NO2. The summed E-state index contributed by atoms with van der Waals surface area (Å²) in [5, 5.41) is 0. The quantitative estimate of drug-likeness (QED) is 0.591. The maximum absolute atomic E-state index is 10.7. The van der Waals surface area contributed by atoms with Crippen LogP contribution in [0.15, 0.2) is 23.2 Å². The van der Waals surface area contributed by atoms with Crippen LogP contribution in [0.1, 0.15) is 43.7 Å². The Morgan fingerprint density at radius 1 is 1.44 bits per heavy atom. The third-order valence-corrected chi connectivity index (χ3v) is 4.18. The van der Waals surface area contributed by atoms with Gasteiger partial charge in [0.15, 0.2) is 0 Å². The molecule has 0 radical (unpaired) electrons. The molecule has 3 heteroatoms. The van der Waals surface area contributed by atoms with Gasteiger partial charge in [0.1, 0.15) is 11.3 Å². The van der Waals surface area contributed by atoms with Crippen molar-refractivity contribution in [2.24, 2.45) is 4.99 Å². The predicted octanol–water partition coefficient (Wildman–Crippen LogP) is 3.12. The summed E-state index contributed by atoms with van der Waals surface area (Å²) in [4.78, 5) is 14.8. The lowest BCUT2D eigenvalue weighted by molar-refractivity contribution is 0.175. The highest BCUT2D eigenvalue weighted by molar-refractivity contribution is 5.50. The molecule has 1 atom stereocenters. The minimum atomic E-state index is -0.357. The van der Waals surface area contributed by atoms with Gasteiger partial charge in [0, 0.05) is 5.56 Å². The number of nitrogens with zero attached hydrogens (tertiary/aromatic N) is 1. The van der Waals surface area contributed by atoms with Crippen molar-refractivity contribution in [1.82, 2.24) is 0 Å². The standard InChI is InChI=1S/C15H17NO2/c1-11-6-7-12-4-2-5-13(14(12)18-11)15(16-10-17)8-3-9-15/h2,4-5,11H,3,6-9H2,1H3. The fraction of sp³-hybridized carbons (Fsp3) is 0.533. The topological polar surface area (TPSA) is 38.7 Å². The maximum Gasteiger partial charge on any atom is 0.235 e. The highest BCUT2D eigenvalue weighted by Crippen LogP contribution is 2.49. The summed E-state index contributed by atoms with van der Waals surface area (Å²) < 4.78 is 6.00. The van der Waals surface area contributed by atoms with Gasteiger partial charge in [-0.25, -0.2) is 4.79 Å².